The predicted molar refractivity (Wildman–Crippen MR) is 127 cm³/mol. The number of aryl methyl sites for hydroxylation is 2. The Morgan fingerprint density at radius 2 is 2.09 bits per heavy atom. The summed E-state index contributed by atoms with van der Waals surface area (Å²) >= 11 is 1.49. The highest BCUT2D eigenvalue weighted by atomic mass is 32.2. The Hall–Kier alpha value is -3.53. The van der Waals surface area contributed by atoms with Gasteiger partial charge in [0.25, 0.3) is 5.91 Å². The van der Waals surface area contributed by atoms with Crippen LogP contribution in [0.25, 0.3) is 11.4 Å². The third-order valence-corrected chi connectivity index (χ3v) is 7.15. The fraction of sp³-hybridized carbons (Fsp3) is 0.320. The van der Waals surface area contributed by atoms with E-state index in [9.17, 15) is 9.18 Å². The Balaban J connectivity index is 1.30. The summed E-state index contributed by atoms with van der Waals surface area (Å²) in [6.45, 7) is 4.89. The van der Waals surface area contributed by atoms with Crippen LogP contribution in [0, 0.1) is 19.7 Å². The molecule has 10 heteroatoms. The van der Waals surface area contributed by atoms with Crippen molar-refractivity contribution in [3.63, 3.8) is 0 Å². The van der Waals surface area contributed by atoms with E-state index < -0.39 is 0 Å². The molecule has 1 aliphatic heterocycles. The highest BCUT2D eigenvalue weighted by molar-refractivity contribution is 7.98. The Kier molecular flexibility index (Phi) is 6.63. The van der Waals surface area contributed by atoms with Crippen LogP contribution in [-0.2, 0) is 5.75 Å². The van der Waals surface area contributed by atoms with Crippen LogP contribution in [0.3, 0.4) is 0 Å². The number of halogens is 1. The van der Waals surface area contributed by atoms with Crippen molar-refractivity contribution >= 4 is 17.7 Å². The minimum Gasteiger partial charge on any atom is -0.361 e. The number of benzene rings is 1. The van der Waals surface area contributed by atoms with Gasteiger partial charge >= 0.3 is 0 Å². The van der Waals surface area contributed by atoms with Gasteiger partial charge in [0.2, 0.25) is 11.7 Å². The molecule has 1 aliphatic rings. The molecule has 4 heterocycles. The number of rotatable bonds is 6. The first kappa shape index (κ1) is 23.2. The summed E-state index contributed by atoms with van der Waals surface area (Å²) < 4.78 is 24.3. The molecule has 5 rings (SSSR count). The summed E-state index contributed by atoms with van der Waals surface area (Å²) in [5, 5.41) is 8.70. The minimum absolute atomic E-state index is 0.0751. The van der Waals surface area contributed by atoms with E-state index in [1.54, 1.807) is 24.4 Å². The lowest BCUT2D eigenvalue weighted by molar-refractivity contribution is 0.0691. The fourth-order valence-corrected chi connectivity index (χ4v) is 5.34. The maximum absolute atomic E-state index is 13.6. The van der Waals surface area contributed by atoms with Crippen LogP contribution in [-0.4, -0.2) is 44.2 Å². The maximum Gasteiger partial charge on any atom is 0.256 e. The average molecular weight is 494 g/mol. The molecule has 0 aliphatic carbocycles. The summed E-state index contributed by atoms with van der Waals surface area (Å²) in [4.78, 5) is 24.3. The highest BCUT2D eigenvalue weighted by Crippen LogP contribution is 2.31. The lowest BCUT2D eigenvalue weighted by Gasteiger charge is -2.31. The summed E-state index contributed by atoms with van der Waals surface area (Å²) in [5.74, 6) is 1.67. The number of thioether (sulfide) groups is 1. The van der Waals surface area contributed by atoms with Gasteiger partial charge in [-0.15, -0.1) is 11.8 Å². The number of carbonyl (C=O) groups is 1. The number of amides is 1. The number of likely N-dealkylation sites (tertiary alicyclic amines) is 1. The number of pyridine rings is 1. The van der Waals surface area contributed by atoms with Crippen molar-refractivity contribution in [2.45, 2.75) is 43.4 Å². The van der Waals surface area contributed by atoms with E-state index in [-0.39, 0.29) is 17.6 Å². The fourth-order valence-electron chi connectivity index (χ4n) is 4.20. The van der Waals surface area contributed by atoms with E-state index in [1.807, 2.05) is 24.8 Å². The molecule has 1 saturated heterocycles. The smallest absolute Gasteiger partial charge is 0.256 e. The molecular formula is C25H24FN5O3S. The third kappa shape index (κ3) is 4.97. The van der Waals surface area contributed by atoms with Crippen molar-refractivity contribution in [2.24, 2.45) is 0 Å². The Bertz CT molecular complexity index is 1330. The van der Waals surface area contributed by atoms with E-state index in [2.05, 4.69) is 20.3 Å². The molecule has 3 aromatic heterocycles. The molecule has 1 unspecified atom stereocenters. The van der Waals surface area contributed by atoms with Gasteiger partial charge in [-0.05, 0) is 51.0 Å². The zero-order valence-corrected chi connectivity index (χ0v) is 20.2. The number of aromatic nitrogens is 4. The molecule has 35 heavy (non-hydrogen) atoms. The van der Waals surface area contributed by atoms with Gasteiger partial charge in [0.05, 0.1) is 17.2 Å². The summed E-state index contributed by atoms with van der Waals surface area (Å²) in [7, 11) is 0. The topological polar surface area (TPSA) is 98.2 Å². The first-order chi connectivity index (χ1) is 17.0. The highest BCUT2D eigenvalue weighted by Gasteiger charge is 2.30. The van der Waals surface area contributed by atoms with E-state index in [0.717, 1.165) is 29.9 Å². The zero-order valence-electron chi connectivity index (χ0n) is 19.4. The van der Waals surface area contributed by atoms with Crippen LogP contribution in [0.5, 0.6) is 0 Å². The van der Waals surface area contributed by atoms with Gasteiger partial charge < -0.3 is 13.9 Å². The van der Waals surface area contributed by atoms with E-state index in [1.165, 1.54) is 23.9 Å². The van der Waals surface area contributed by atoms with Crippen molar-refractivity contribution in [3.05, 3.63) is 76.9 Å². The summed E-state index contributed by atoms with van der Waals surface area (Å²) in [6.07, 6.45) is 3.34. The molecule has 4 aromatic rings. The third-order valence-electron chi connectivity index (χ3n) is 6.12. The van der Waals surface area contributed by atoms with Gasteiger partial charge in [-0.1, -0.05) is 22.4 Å². The molecule has 0 N–H and O–H groups in total. The van der Waals surface area contributed by atoms with Gasteiger partial charge in [0, 0.05) is 36.2 Å². The lowest BCUT2D eigenvalue weighted by Crippen LogP contribution is -2.39. The van der Waals surface area contributed by atoms with Crippen LogP contribution in [0.1, 0.15) is 52.0 Å². The molecule has 8 nitrogen and oxygen atoms in total. The normalized spacial score (nSPS) is 16.0. The molecule has 1 amide bonds. The van der Waals surface area contributed by atoms with E-state index in [0.29, 0.717) is 46.7 Å². The summed E-state index contributed by atoms with van der Waals surface area (Å²) in [5.41, 5.74) is 2.98. The van der Waals surface area contributed by atoms with Crippen molar-refractivity contribution < 1.29 is 18.2 Å². The van der Waals surface area contributed by atoms with E-state index in [4.69, 9.17) is 9.05 Å². The standard InChI is InChI=1S/C25H24FN5O3S/c1-15-21(16(2)33-29-15)14-35-24-20(9-4-10-27-24)25(32)31-11-5-7-18(13-31)23-28-22(30-34-23)17-6-3-8-19(26)12-17/h3-4,6,8-10,12,18H,5,7,11,13-14H2,1-2H3. The van der Waals surface area contributed by atoms with Crippen LogP contribution < -0.4 is 0 Å². The van der Waals surface area contributed by atoms with Gasteiger partial charge in [-0.3, -0.25) is 4.79 Å². The van der Waals surface area contributed by atoms with Crippen molar-refractivity contribution in [3.8, 4) is 11.4 Å². The molecule has 0 saturated carbocycles. The van der Waals surface area contributed by atoms with Gasteiger partial charge in [-0.25, -0.2) is 9.37 Å². The monoisotopic (exact) mass is 493 g/mol. The molecule has 1 fully saturated rings. The molecule has 0 radical (unpaired) electrons. The van der Waals surface area contributed by atoms with Gasteiger partial charge in [0.1, 0.15) is 16.6 Å². The lowest BCUT2D eigenvalue weighted by atomic mass is 9.97. The number of hydrogen-bond donors (Lipinski definition) is 0. The Morgan fingerprint density at radius 1 is 1.20 bits per heavy atom. The second-order valence-corrected chi connectivity index (χ2v) is 9.47. The number of hydrogen-bond acceptors (Lipinski definition) is 8. The first-order valence-electron chi connectivity index (χ1n) is 11.4. The average Bonchev–Trinajstić information content (AvgIpc) is 3.50. The number of nitrogens with zero attached hydrogens (tertiary/aromatic N) is 5. The molecule has 0 spiro atoms. The second kappa shape index (κ2) is 9.99. The van der Waals surface area contributed by atoms with Crippen molar-refractivity contribution in [1.29, 1.82) is 0 Å². The SMILES string of the molecule is Cc1noc(C)c1CSc1ncccc1C(=O)N1CCCC(c2nc(-c3cccc(F)c3)no2)C1. The minimum atomic E-state index is -0.359. The van der Waals surface area contributed by atoms with Crippen molar-refractivity contribution in [1.82, 2.24) is 25.2 Å². The van der Waals surface area contributed by atoms with Crippen LogP contribution in [0.15, 0.2) is 56.7 Å². The molecule has 0 bridgehead atoms. The molecule has 180 valence electrons. The van der Waals surface area contributed by atoms with E-state index >= 15 is 0 Å². The van der Waals surface area contributed by atoms with Gasteiger partial charge in [0.15, 0.2) is 0 Å². The first-order valence-corrected chi connectivity index (χ1v) is 12.4. The molecule has 1 aromatic carbocycles. The maximum atomic E-state index is 13.6. The second-order valence-electron chi connectivity index (χ2n) is 8.50. The van der Waals surface area contributed by atoms with Crippen LogP contribution in [0.4, 0.5) is 4.39 Å². The molecular weight excluding hydrogens is 469 g/mol. The quantitative estimate of drug-likeness (QED) is 0.339. The number of piperidine rings is 1. The Morgan fingerprint density at radius 3 is 2.89 bits per heavy atom. The largest absolute Gasteiger partial charge is 0.361 e. The van der Waals surface area contributed by atoms with Crippen LogP contribution in [0.2, 0.25) is 0 Å². The summed E-state index contributed by atoms with van der Waals surface area (Å²) in [6, 6.07) is 9.67. The predicted octanol–water partition coefficient (Wildman–Crippen LogP) is 5.19. The Labute approximate surface area is 205 Å². The zero-order chi connectivity index (χ0) is 24.4. The van der Waals surface area contributed by atoms with Crippen molar-refractivity contribution in [2.75, 3.05) is 13.1 Å². The number of carbonyl (C=O) groups excluding carboxylic acids is 1. The van der Waals surface area contributed by atoms with Crippen LogP contribution >= 0.6 is 11.8 Å². The van der Waals surface area contributed by atoms with Gasteiger partial charge in [-0.2, -0.15) is 4.98 Å². The molecule has 1 atom stereocenters.